The molecule has 1 fully saturated rings. The highest BCUT2D eigenvalue weighted by Gasteiger charge is 2.29. The molecule has 1 aliphatic heterocycles. The van der Waals surface area contributed by atoms with Crippen molar-refractivity contribution in [3.05, 3.63) is 11.9 Å². The number of hydrogen-bond donors (Lipinski definition) is 1. The zero-order valence-corrected chi connectivity index (χ0v) is 8.03. The molecular formula is C9H15N3O. The molecule has 0 amide bonds. The van der Waals surface area contributed by atoms with E-state index in [4.69, 9.17) is 10.5 Å². The van der Waals surface area contributed by atoms with Crippen LogP contribution in [0.3, 0.4) is 0 Å². The molecule has 4 heteroatoms. The summed E-state index contributed by atoms with van der Waals surface area (Å²) < 4.78 is 7.35. The van der Waals surface area contributed by atoms with E-state index in [2.05, 4.69) is 12.0 Å². The standard InChI is InChI=1S/C9H15N3O/c1-6-7(3-4-13-6)9-8(10)5-11-12(9)2/h5-7H,3-4,10H2,1-2H3. The minimum Gasteiger partial charge on any atom is -0.396 e. The van der Waals surface area contributed by atoms with E-state index in [0.717, 1.165) is 24.4 Å². The second-order valence-electron chi connectivity index (χ2n) is 3.58. The molecule has 2 unspecified atom stereocenters. The Morgan fingerprint density at radius 1 is 1.69 bits per heavy atom. The Morgan fingerprint density at radius 2 is 2.46 bits per heavy atom. The van der Waals surface area contributed by atoms with Gasteiger partial charge in [0.25, 0.3) is 0 Å². The molecule has 13 heavy (non-hydrogen) atoms. The van der Waals surface area contributed by atoms with Crippen LogP contribution in [0.1, 0.15) is 25.0 Å². The van der Waals surface area contributed by atoms with Crippen molar-refractivity contribution in [2.75, 3.05) is 12.3 Å². The lowest BCUT2D eigenvalue weighted by Crippen LogP contribution is -2.14. The highest BCUT2D eigenvalue weighted by molar-refractivity contribution is 5.43. The molecule has 0 saturated carbocycles. The normalized spacial score (nSPS) is 28.2. The van der Waals surface area contributed by atoms with Gasteiger partial charge in [-0.05, 0) is 13.3 Å². The molecule has 0 radical (unpaired) electrons. The minimum absolute atomic E-state index is 0.262. The third-order valence-electron chi connectivity index (χ3n) is 2.74. The van der Waals surface area contributed by atoms with Crippen LogP contribution in [0, 0.1) is 0 Å². The van der Waals surface area contributed by atoms with E-state index in [1.54, 1.807) is 6.20 Å². The average Bonchev–Trinajstić information content (AvgIpc) is 2.60. The summed E-state index contributed by atoms with van der Waals surface area (Å²) in [5.41, 5.74) is 7.74. The highest BCUT2D eigenvalue weighted by atomic mass is 16.5. The van der Waals surface area contributed by atoms with Crippen molar-refractivity contribution in [2.45, 2.75) is 25.4 Å². The highest BCUT2D eigenvalue weighted by Crippen LogP contribution is 2.33. The lowest BCUT2D eigenvalue weighted by atomic mass is 9.98. The van der Waals surface area contributed by atoms with Gasteiger partial charge in [0.1, 0.15) is 0 Å². The van der Waals surface area contributed by atoms with Crippen molar-refractivity contribution in [2.24, 2.45) is 7.05 Å². The van der Waals surface area contributed by atoms with Crippen molar-refractivity contribution in [3.63, 3.8) is 0 Å². The summed E-state index contributed by atoms with van der Waals surface area (Å²) in [4.78, 5) is 0. The lowest BCUT2D eigenvalue weighted by Gasteiger charge is -2.14. The SMILES string of the molecule is CC1OCCC1c1c(N)cnn1C. The molecule has 0 aliphatic carbocycles. The zero-order valence-electron chi connectivity index (χ0n) is 8.03. The predicted molar refractivity (Wildman–Crippen MR) is 50.4 cm³/mol. The number of aromatic nitrogens is 2. The van der Waals surface area contributed by atoms with Crippen molar-refractivity contribution in [1.29, 1.82) is 0 Å². The fourth-order valence-electron chi connectivity index (χ4n) is 2.01. The Morgan fingerprint density at radius 3 is 2.92 bits per heavy atom. The van der Waals surface area contributed by atoms with Gasteiger partial charge in [-0.1, -0.05) is 0 Å². The first kappa shape index (κ1) is 8.56. The number of nitrogen functional groups attached to an aromatic ring is 1. The maximum Gasteiger partial charge on any atom is 0.0736 e. The van der Waals surface area contributed by atoms with Crippen LogP contribution < -0.4 is 5.73 Å². The van der Waals surface area contributed by atoms with Crippen LogP contribution in [-0.2, 0) is 11.8 Å². The molecule has 0 bridgehead atoms. The maximum atomic E-state index is 5.84. The Bertz CT molecular complexity index is 288. The second kappa shape index (κ2) is 3.03. The molecule has 0 aromatic carbocycles. The van der Waals surface area contributed by atoms with Crippen molar-refractivity contribution >= 4 is 5.69 Å². The van der Waals surface area contributed by atoms with Crippen LogP contribution >= 0.6 is 0 Å². The van der Waals surface area contributed by atoms with Gasteiger partial charge in [0.2, 0.25) is 0 Å². The molecule has 2 heterocycles. The summed E-state index contributed by atoms with van der Waals surface area (Å²) >= 11 is 0. The van der Waals surface area contributed by atoms with Crippen LogP contribution in [0.4, 0.5) is 5.69 Å². The van der Waals surface area contributed by atoms with Gasteiger partial charge in [-0.15, -0.1) is 0 Å². The maximum absolute atomic E-state index is 5.84. The molecule has 2 atom stereocenters. The Kier molecular flexibility index (Phi) is 2.00. The van der Waals surface area contributed by atoms with E-state index in [9.17, 15) is 0 Å². The summed E-state index contributed by atoms with van der Waals surface area (Å²) in [6, 6.07) is 0. The van der Waals surface area contributed by atoms with Gasteiger partial charge < -0.3 is 10.5 Å². The van der Waals surface area contributed by atoms with E-state index < -0.39 is 0 Å². The largest absolute Gasteiger partial charge is 0.396 e. The van der Waals surface area contributed by atoms with Crippen molar-refractivity contribution in [1.82, 2.24) is 9.78 Å². The topological polar surface area (TPSA) is 53.1 Å². The molecule has 4 nitrogen and oxygen atoms in total. The van der Waals surface area contributed by atoms with E-state index in [1.807, 2.05) is 11.7 Å². The van der Waals surface area contributed by atoms with Gasteiger partial charge in [-0.25, -0.2) is 0 Å². The fourth-order valence-corrected chi connectivity index (χ4v) is 2.01. The third-order valence-corrected chi connectivity index (χ3v) is 2.74. The van der Waals surface area contributed by atoms with E-state index in [-0.39, 0.29) is 6.10 Å². The van der Waals surface area contributed by atoms with Crippen molar-refractivity contribution < 1.29 is 4.74 Å². The molecule has 2 rings (SSSR count). The van der Waals surface area contributed by atoms with Gasteiger partial charge in [0.15, 0.2) is 0 Å². The number of nitrogens with zero attached hydrogens (tertiary/aromatic N) is 2. The smallest absolute Gasteiger partial charge is 0.0736 e. The van der Waals surface area contributed by atoms with E-state index in [1.165, 1.54) is 0 Å². The van der Waals surface area contributed by atoms with Gasteiger partial charge in [0, 0.05) is 19.6 Å². The Hall–Kier alpha value is -1.03. The number of rotatable bonds is 1. The third kappa shape index (κ3) is 1.31. The second-order valence-corrected chi connectivity index (χ2v) is 3.58. The summed E-state index contributed by atoms with van der Waals surface area (Å²) in [7, 11) is 1.93. The minimum atomic E-state index is 0.262. The average molecular weight is 181 g/mol. The first-order valence-electron chi connectivity index (χ1n) is 4.59. The Balaban J connectivity index is 2.33. The van der Waals surface area contributed by atoms with Crippen molar-refractivity contribution in [3.8, 4) is 0 Å². The van der Waals surface area contributed by atoms with Gasteiger partial charge in [-0.3, -0.25) is 4.68 Å². The van der Waals surface area contributed by atoms with Gasteiger partial charge in [0.05, 0.1) is 23.7 Å². The number of nitrogens with two attached hydrogens (primary N) is 1. The summed E-state index contributed by atoms with van der Waals surface area (Å²) in [5.74, 6) is 0.410. The summed E-state index contributed by atoms with van der Waals surface area (Å²) in [6.45, 7) is 2.92. The molecule has 2 N–H and O–H groups in total. The monoisotopic (exact) mass is 181 g/mol. The molecule has 1 aromatic heterocycles. The van der Waals surface area contributed by atoms with Crippen LogP contribution in [0.5, 0.6) is 0 Å². The quantitative estimate of drug-likeness (QED) is 0.700. The predicted octanol–water partition coefficient (Wildman–Crippen LogP) is 0.895. The van der Waals surface area contributed by atoms with E-state index in [0.29, 0.717) is 5.92 Å². The van der Waals surface area contributed by atoms with Gasteiger partial charge in [-0.2, -0.15) is 5.10 Å². The summed E-state index contributed by atoms with van der Waals surface area (Å²) in [6.07, 6.45) is 3.02. The van der Waals surface area contributed by atoms with Gasteiger partial charge >= 0.3 is 0 Å². The number of anilines is 1. The molecular weight excluding hydrogens is 166 g/mol. The molecule has 1 aliphatic rings. The molecule has 0 spiro atoms. The van der Waals surface area contributed by atoms with Crippen LogP contribution in [0.2, 0.25) is 0 Å². The van der Waals surface area contributed by atoms with Crippen LogP contribution in [-0.4, -0.2) is 22.5 Å². The molecule has 1 saturated heterocycles. The number of ether oxygens (including phenoxy) is 1. The zero-order chi connectivity index (χ0) is 9.42. The molecule has 72 valence electrons. The lowest BCUT2D eigenvalue weighted by molar-refractivity contribution is 0.117. The summed E-state index contributed by atoms with van der Waals surface area (Å²) in [5, 5.41) is 4.13. The number of hydrogen-bond acceptors (Lipinski definition) is 3. The fraction of sp³-hybridized carbons (Fsp3) is 0.667. The van der Waals surface area contributed by atoms with Crippen LogP contribution in [0.25, 0.3) is 0 Å². The molecule has 1 aromatic rings. The first-order chi connectivity index (χ1) is 6.20. The number of aryl methyl sites for hydroxylation is 1. The van der Waals surface area contributed by atoms with E-state index >= 15 is 0 Å². The van der Waals surface area contributed by atoms with Crippen LogP contribution in [0.15, 0.2) is 6.20 Å². The Labute approximate surface area is 77.7 Å². The first-order valence-corrected chi connectivity index (χ1v) is 4.59.